The first-order chi connectivity index (χ1) is 11.1. The second-order valence-corrected chi connectivity index (χ2v) is 7.53. The van der Waals surface area contributed by atoms with Crippen LogP contribution in [0.15, 0.2) is 0 Å². The molecule has 1 saturated heterocycles. The molecule has 128 valence electrons. The van der Waals surface area contributed by atoms with Gasteiger partial charge in [0, 0.05) is 44.3 Å². The summed E-state index contributed by atoms with van der Waals surface area (Å²) in [5.74, 6) is -0.366. The molecule has 1 aliphatic carbocycles. The van der Waals surface area contributed by atoms with Crippen molar-refractivity contribution in [3.8, 4) is 0 Å². The highest BCUT2D eigenvalue weighted by Crippen LogP contribution is 2.39. The van der Waals surface area contributed by atoms with E-state index in [0.717, 1.165) is 63.4 Å². The van der Waals surface area contributed by atoms with Gasteiger partial charge in [0.2, 0.25) is 0 Å². The number of halogens is 2. The van der Waals surface area contributed by atoms with Crippen LogP contribution in [0.5, 0.6) is 0 Å². The molecule has 0 N–H and O–H groups in total. The molecular formula is C17H26F2N4. The first-order valence-electron chi connectivity index (χ1n) is 9.15. The summed E-state index contributed by atoms with van der Waals surface area (Å²) >= 11 is 0. The maximum absolute atomic E-state index is 14.1. The van der Waals surface area contributed by atoms with Crippen LogP contribution < -0.4 is 0 Å². The Kier molecular flexibility index (Phi) is 4.12. The Bertz CT molecular complexity index is 557. The highest BCUT2D eigenvalue weighted by atomic mass is 19.3. The summed E-state index contributed by atoms with van der Waals surface area (Å²) in [5, 5.41) is 8.72. The van der Waals surface area contributed by atoms with E-state index in [9.17, 15) is 8.78 Å². The Labute approximate surface area is 136 Å². The molecule has 1 aromatic heterocycles. The fourth-order valence-corrected chi connectivity index (χ4v) is 4.61. The molecule has 4 nitrogen and oxygen atoms in total. The Morgan fingerprint density at radius 3 is 2.83 bits per heavy atom. The van der Waals surface area contributed by atoms with E-state index in [4.69, 9.17) is 0 Å². The quantitative estimate of drug-likeness (QED) is 0.856. The Morgan fingerprint density at radius 2 is 1.96 bits per heavy atom. The van der Waals surface area contributed by atoms with Crippen LogP contribution in [0.3, 0.4) is 0 Å². The Morgan fingerprint density at radius 1 is 1.04 bits per heavy atom. The van der Waals surface area contributed by atoms with Crippen molar-refractivity contribution in [3.05, 3.63) is 11.6 Å². The van der Waals surface area contributed by atoms with Gasteiger partial charge in [0.25, 0.3) is 5.92 Å². The second-order valence-electron chi connectivity index (χ2n) is 7.53. The molecule has 3 heterocycles. The smallest absolute Gasteiger partial charge is 0.252 e. The minimum Gasteiger partial charge on any atom is -0.315 e. The van der Waals surface area contributed by atoms with E-state index in [1.165, 1.54) is 0 Å². The van der Waals surface area contributed by atoms with E-state index < -0.39 is 11.8 Å². The normalized spacial score (nSPS) is 31.2. The van der Waals surface area contributed by atoms with Crippen molar-refractivity contribution in [2.24, 2.45) is 5.92 Å². The van der Waals surface area contributed by atoms with Crippen molar-refractivity contribution in [1.29, 1.82) is 0 Å². The number of aryl methyl sites for hydroxylation is 1. The number of fused-ring (bicyclic) bond motifs is 1. The Balaban J connectivity index is 1.43. The molecule has 0 radical (unpaired) electrons. The summed E-state index contributed by atoms with van der Waals surface area (Å²) in [7, 11) is 0. The average Bonchev–Trinajstić information content (AvgIpc) is 3.12. The van der Waals surface area contributed by atoms with Crippen LogP contribution in [0.25, 0.3) is 0 Å². The first-order valence-corrected chi connectivity index (χ1v) is 9.15. The molecule has 2 aliphatic heterocycles. The number of hydrogen-bond acceptors (Lipinski definition) is 3. The third kappa shape index (κ3) is 3.02. The minimum atomic E-state index is -2.47. The lowest BCUT2D eigenvalue weighted by Crippen LogP contribution is -2.44. The molecule has 23 heavy (non-hydrogen) atoms. The molecule has 0 spiro atoms. The predicted octanol–water partition coefficient (Wildman–Crippen LogP) is 3.23. The predicted molar refractivity (Wildman–Crippen MR) is 83.7 cm³/mol. The van der Waals surface area contributed by atoms with E-state index >= 15 is 0 Å². The summed E-state index contributed by atoms with van der Waals surface area (Å²) in [5.41, 5.74) is 0. The van der Waals surface area contributed by atoms with E-state index in [1.807, 2.05) is 0 Å². The van der Waals surface area contributed by atoms with Gasteiger partial charge in [-0.3, -0.25) is 0 Å². The third-order valence-corrected chi connectivity index (χ3v) is 5.90. The van der Waals surface area contributed by atoms with Crippen molar-refractivity contribution in [2.45, 2.75) is 69.8 Å². The summed E-state index contributed by atoms with van der Waals surface area (Å²) in [6.45, 7) is 3.38. The van der Waals surface area contributed by atoms with Gasteiger partial charge >= 0.3 is 0 Å². The lowest BCUT2D eigenvalue weighted by molar-refractivity contribution is -0.0961. The number of aromatic nitrogens is 3. The maximum Gasteiger partial charge on any atom is 0.252 e. The first kappa shape index (κ1) is 15.5. The van der Waals surface area contributed by atoms with Crippen LogP contribution in [0.1, 0.15) is 62.5 Å². The van der Waals surface area contributed by atoms with Crippen LogP contribution in [-0.4, -0.2) is 45.2 Å². The lowest BCUT2D eigenvalue weighted by atomic mass is 9.84. The van der Waals surface area contributed by atoms with E-state index in [0.29, 0.717) is 25.3 Å². The topological polar surface area (TPSA) is 34.0 Å². The monoisotopic (exact) mass is 324 g/mol. The van der Waals surface area contributed by atoms with Gasteiger partial charge in [0.15, 0.2) is 0 Å². The molecule has 4 rings (SSSR count). The maximum atomic E-state index is 14.1. The average molecular weight is 324 g/mol. The molecule has 0 unspecified atom stereocenters. The molecule has 3 aliphatic rings. The molecule has 1 saturated carbocycles. The van der Waals surface area contributed by atoms with E-state index in [1.54, 1.807) is 0 Å². The minimum absolute atomic E-state index is 0.0760. The zero-order valence-corrected chi connectivity index (χ0v) is 13.7. The SMILES string of the molecule is FC1(F)CCCC[C@@H]1CN1CCC[C@@H](c2nnc3n2CCC3)C1. The molecule has 0 amide bonds. The zero-order chi connectivity index (χ0) is 15.9. The fraction of sp³-hybridized carbons (Fsp3) is 0.882. The number of alkyl halides is 2. The van der Waals surface area contributed by atoms with Crippen LogP contribution in [-0.2, 0) is 13.0 Å². The van der Waals surface area contributed by atoms with Gasteiger partial charge in [-0.15, -0.1) is 10.2 Å². The van der Waals surface area contributed by atoms with Crippen LogP contribution >= 0.6 is 0 Å². The van der Waals surface area contributed by atoms with E-state index in [-0.39, 0.29) is 6.42 Å². The van der Waals surface area contributed by atoms with Crippen molar-refractivity contribution < 1.29 is 8.78 Å². The number of piperidine rings is 1. The van der Waals surface area contributed by atoms with E-state index in [2.05, 4.69) is 19.7 Å². The van der Waals surface area contributed by atoms with Crippen LogP contribution in [0.2, 0.25) is 0 Å². The van der Waals surface area contributed by atoms with Crippen molar-refractivity contribution in [1.82, 2.24) is 19.7 Å². The zero-order valence-electron chi connectivity index (χ0n) is 13.7. The number of likely N-dealkylation sites (tertiary alicyclic amines) is 1. The van der Waals surface area contributed by atoms with Crippen molar-refractivity contribution >= 4 is 0 Å². The molecular weight excluding hydrogens is 298 g/mol. The van der Waals surface area contributed by atoms with Crippen LogP contribution in [0.4, 0.5) is 8.78 Å². The largest absolute Gasteiger partial charge is 0.315 e. The lowest BCUT2D eigenvalue weighted by Gasteiger charge is -2.38. The summed E-state index contributed by atoms with van der Waals surface area (Å²) in [4.78, 5) is 2.26. The number of hydrogen-bond donors (Lipinski definition) is 0. The third-order valence-electron chi connectivity index (χ3n) is 5.90. The van der Waals surface area contributed by atoms with Crippen molar-refractivity contribution in [3.63, 3.8) is 0 Å². The summed E-state index contributed by atoms with van der Waals surface area (Å²) < 4.78 is 30.5. The standard InChI is InChI=1S/C17H26F2N4/c18-17(19)8-2-1-6-14(17)12-22-9-3-5-13(11-22)16-21-20-15-7-4-10-23(15)16/h13-14H,1-12H2/t13-,14-/m1/s1. The van der Waals surface area contributed by atoms with Crippen LogP contribution in [0, 0.1) is 5.92 Å². The number of nitrogens with zero attached hydrogens (tertiary/aromatic N) is 4. The van der Waals surface area contributed by atoms with Gasteiger partial charge in [-0.1, -0.05) is 6.42 Å². The van der Waals surface area contributed by atoms with Gasteiger partial charge in [-0.2, -0.15) is 0 Å². The molecule has 6 heteroatoms. The van der Waals surface area contributed by atoms with Gasteiger partial charge < -0.3 is 9.47 Å². The highest BCUT2D eigenvalue weighted by Gasteiger charge is 2.42. The summed E-state index contributed by atoms with van der Waals surface area (Å²) in [6, 6.07) is 0. The van der Waals surface area contributed by atoms with Gasteiger partial charge in [-0.05, 0) is 38.6 Å². The molecule has 2 atom stereocenters. The fourth-order valence-electron chi connectivity index (χ4n) is 4.61. The van der Waals surface area contributed by atoms with Gasteiger partial charge in [0.1, 0.15) is 11.6 Å². The van der Waals surface area contributed by atoms with Gasteiger partial charge in [0.05, 0.1) is 0 Å². The Hall–Kier alpha value is -1.04. The molecule has 2 fully saturated rings. The van der Waals surface area contributed by atoms with Crippen molar-refractivity contribution in [2.75, 3.05) is 19.6 Å². The molecule has 0 aromatic carbocycles. The number of rotatable bonds is 3. The molecule has 0 bridgehead atoms. The molecule has 1 aromatic rings. The second kappa shape index (κ2) is 6.11. The summed E-state index contributed by atoms with van der Waals surface area (Å²) in [6.07, 6.45) is 6.75. The highest BCUT2D eigenvalue weighted by molar-refractivity contribution is 5.07. The van der Waals surface area contributed by atoms with Gasteiger partial charge in [-0.25, -0.2) is 8.78 Å².